The Morgan fingerprint density at radius 2 is 1.75 bits per heavy atom. The summed E-state index contributed by atoms with van der Waals surface area (Å²) in [6.45, 7) is 3.12. The van der Waals surface area contributed by atoms with Crippen molar-refractivity contribution in [3.05, 3.63) is 48.0 Å². The van der Waals surface area contributed by atoms with Gasteiger partial charge < -0.3 is 14.4 Å². The van der Waals surface area contributed by atoms with Crippen LogP contribution in [0.2, 0.25) is 0 Å². The molecule has 1 aromatic carbocycles. The van der Waals surface area contributed by atoms with E-state index in [9.17, 15) is 4.79 Å². The van der Waals surface area contributed by atoms with Gasteiger partial charge >= 0.3 is 0 Å². The van der Waals surface area contributed by atoms with Crippen molar-refractivity contribution in [2.45, 2.75) is 25.9 Å². The van der Waals surface area contributed by atoms with E-state index in [0.29, 0.717) is 24.5 Å². The second-order valence-corrected chi connectivity index (χ2v) is 5.78. The molecule has 24 heavy (non-hydrogen) atoms. The Kier molecular flexibility index (Phi) is 4.93. The second-order valence-electron chi connectivity index (χ2n) is 5.78. The minimum atomic E-state index is -0.0225. The predicted octanol–water partition coefficient (Wildman–Crippen LogP) is 2.48. The van der Waals surface area contributed by atoms with Gasteiger partial charge in [0.05, 0.1) is 12.7 Å². The molecular weight excluding hydrogens is 306 g/mol. The van der Waals surface area contributed by atoms with Crippen molar-refractivity contribution in [2.75, 3.05) is 20.2 Å². The van der Waals surface area contributed by atoms with E-state index in [1.54, 1.807) is 26.4 Å². The molecule has 0 atom stereocenters. The molecule has 0 saturated carbocycles. The summed E-state index contributed by atoms with van der Waals surface area (Å²) in [6, 6.07) is 7.62. The zero-order chi connectivity index (χ0) is 16.9. The van der Waals surface area contributed by atoms with Gasteiger partial charge in [0.15, 0.2) is 11.5 Å². The lowest BCUT2D eigenvalue weighted by molar-refractivity contribution is 0.0590. The average molecular weight is 327 g/mol. The lowest BCUT2D eigenvalue weighted by Gasteiger charge is -2.32. The number of aromatic nitrogens is 2. The number of carbonyl (C=O) groups excluding carboxylic acids is 1. The first-order valence-electron chi connectivity index (χ1n) is 8.05. The van der Waals surface area contributed by atoms with Crippen molar-refractivity contribution in [2.24, 2.45) is 0 Å². The van der Waals surface area contributed by atoms with E-state index in [4.69, 9.17) is 9.47 Å². The molecule has 0 unspecified atom stereocenters. The molecule has 1 aliphatic rings. The van der Waals surface area contributed by atoms with E-state index in [-0.39, 0.29) is 12.0 Å². The number of likely N-dealkylation sites (tertiary alicyclic amines) is 1. The van der Waals surface area contributed by atoms with Gasteiger partial charge in [-0.3, -0.25) is 4.79 Å². The van der Waals surface area contributed by atoms with Crippen LogP contribution in [0.15, 0.2) is 36.7 Å². The van der Waals surface area contributed by atoms with Gasteiger partial charge in [0.25, 0.3) is 5.91 Å². The first kappa shape index (κ1) is 16.2. The van der Waals surface area contributed by atoms with E-state index in [1.807, 2.05) is 29.2 Å². The summed E-state index contributed by atoms with van der Waals surface area (Å²) in [4.78, 5) is 22.5. The maximum Gasteiger partial charge on any atom is 0.256 e. The summed E-state index contributed by atoms with van der Waals surface area (Å²) in [5.74, 6) is 2.12. The Bertz CT molecular complexity index is 695. The molecule has 0 spiro atoms. The number of benzene rings is 1. The maximum atomic E-state index is 12.5. The number of hydrogen-bond donors (Lipinski definition) is 0. The minimum Gasteiger partial charge on any atom is -0.493 e. The molecule has 0 aliphatic carbocycles. The van der Waals surface area contributed by atoms with Gasteiger partial charge in [0, 0.05) is 38.3 Å². The molecule has 0 bridgehead atoms. The molecule has 0 radical (unpaired) electrons. The van der Waals surface area contributed by atoms with Gasteiger partial charge in [0.1, 0.15) is 11.9 Å². The number of amides is 1. The van der Waals surface area contributed by atoms with Crippen LogP contribution in [0.5, 0.6) is 11.5 Å². The molecule has 3 rings (SSSR count). The first-order valence-corrected chi connectivity index (χ1v) is 8.05. The van der Waals surface area contributed by atoms with Crippen LogP contribution >= 0.6 is 0 Å². The summed E-state index contributed by atoms with van der Waals surface area (Å²) < 4.78 is 11.3. The number of hydrogen-bond acceptors (Lipinski definition) is 5. The molecule has 1 aromatic heterocycles. The van der Waals surface area contributed by atoms with Gasteiger partial charge in [0.2, 0.25) is 0 Å². The Hall–Kier alpha value is -2.63. The maximum absolute atomic E-state index is 12.5. The Balaban J connectivity index is 1.57. The van der Waals surface area contributed by atoms with Crippen LogP contribution in [-0.2, 0) is 0 Å². The van der Waals surface area contributed by atoms with Crippen LogP contribution in [0, 0.1) is 6.92 Å². The van der Waals surface area contributed by atoms with Crippen molar-refractivity contribution >= 4 is 5.91 Å². The van der Waals surface area contributed by atoms with Crippen molar-refractivity contribution in [3.63, 3.8) is 0 Å². The fourth-order valence-corrected chi connectivity index (χ4v) is 2.76. The van der Waals surface area contributed by atoms with Gasteiger partial charge in [-0.1, -0.05) is 12.1 Å². The largest absolute Gasteiger partial charge is 0.493 e. The van der Waals surface area contributed by atoms with Crippen molar-refractivity contribution in [1.29, 1.82) is 0 Å². The molecule has 1 fully saturated rings. The zero-order valence-electron chi connectivity index (χ0n) is 13.9. The van der Waals surface area contributed by atoms with Crippen LogP contribution in [0.25, 0.3) is 0 Å². The number of aryl methyl sites for hydroxylation is 1. The fourth-order valence-electron chi connectivity index (χ4n) is 2.76. The highest BCUT2D eigenvalue weighted by molar-refractivity contribution is 5.93. The number of piperidine rings is 1. The van der Waals surface area contributed by atoms with E-state index in [1.165, 1.54) is 0 Å². The highest BCUT2D eigenvalue weighted by atomic mass is 16.5. The lowest BCUT2D eigenvalue weighted by Crippen LogP contribution is -2.41. The van der Waals surface area contributed by atoms with Gasteiger partial charge in [-0.25, -0.2) is 9.97 Å². The first-order chi connectivity index (χ1) is 11.7. The molecular formula is C18H21N3O3. The van der Waals surface area contributed by atoms with Crippen LogP contribution < -0.4 is 9.47 Å². The highest BCUT2D eigenvalue weighted by Crippen LogP contribution is 2.29. The summed E-state index contributed by atoms with van der Waals surface area (Å²) in [6.07, 6.45) is 4.83. The molecule has 1 amide bonds. The number of carbonyl (C=O) groups is 1. The van der Waals surface area contributed by atoms with Crippen molar-refractivity contribution < 1.29 is 14.3 Å². The topological polar surface area (TPSA) is 64.6 Å². The second kappa shape index (κ2) is 7.29. The number of methoxy groups -OCH3 is 1. The van der Waals surface area contributed by atoms with Gasteiger partial charge in [-0.15, -0.1) is 0 Å². The summed E-state index contributed by atoms with van der Waals surface area (Å²) in [7, 11) is 1.63. The van der Waals surface area contributed by atoms with Gasteiger partial charge in [-0.05, 0) is 19.1 Å². The van der Waals surface area contributed by atoms with Crippen LogP contribution in [0.1, 0.15) is 29.0 Å². The normalized spacial score (nSPS) is 15.2. The van der Waals surface area contributed by atoms with E-state index >= 15 is 0 Å². The number of nitrogens with zero attached hydrogens (tertiary/aromatic N) is 3. The van der Waals surface area contributed by atoms with Crippen molar-refractivity contribution in [1.82, 2.24) is 14.9 Å². The third-order valence-corrected chi connectivity index (χ3v) is 4.12. The van der Waals surface area contributed by atoms with Crippen LogP contribution in [-0.4, -0.2) is 47.1 Å². The van der Waals surface area contributed by atoms with Gasteiger partial charge in [-0.2, -0.15) is 0 Å². The van der Waals surface area contributed by atoms with Crippen LogP contribution in [0.3, 0.4) is 0 Å². The number of para-hydroxylation sites is 2. The van der Waals surface area contributed by atoms with E-state index in [0.717, 1.165) is 24.3 Å². The standard InChI is InChI=1S/C18H21N3O3/c1-13-19-11-14(12-20-13)18(22)21-9-7-15(8-10-21)24-17-6-4-3-5-16(17)23-2/h3-6,11-12,15H,7-10H2,1-2H3. The quantitative estimate of drug-likeness (QED) is 0.863. The molecule has 1 saturated heterocycles. The molecule has 2 heterocycles. The lowest BCUT2D eigenvalue weighted by atomic mass is 10.1. The third kappa shape index (κ3) is 3.64. The third-order valence-electron chi connectivity index (χ3n) is 4.12. The monoisotopic (exact) mass is 327 g/mol. The smallest absolute Gasteiger partial charge is 0.256 e. The highest BCUT2D eigenvalue weighted by Gasteiger charge is 2.25. The molecule has 6 nitrogen and oxygen atoms in total. The molecule has 0 N–H and O–H groups in total. The Labute approximate surface area is 141 Å². The molecule has 1 aliphatic heterocycles. The summed E-state index contributed by atoms with van der Waals surface area (Å²) in [5.41, 5.74) is 0.532. The number of rotatable bonds is 4. The Morgan fingerprint density at radius 3 is 2.38 bits per heavy atom. The van der Waals surface area contributed by atoms with E-state index < -0.39 is 0 Å². The fraction of sp³-hybridized carbons (Fsp3) is 0.389. The minimum absolute atomic E-state index is 0.0225. The van der Waals surface area contributed by atoms with E-state index in [2.05, 4.69) is 9.97 Å². The SMILES string of the molecule is COc1ccccc1OC1CCN(C(=O)c2cnc(C)nc2)CC1. The predicted molar refractivity (Wildman–Crippen MR) is 89.3 cm³/mol. The Morgan fingerprint density at radius 1 is 1.12 bits per heavy atom. The average Bonchev–Trinajstić information content (AvgIpc) is 2.63. The molecule has 2 aromatic rings. The zero-order valence-corrected chi connectivity index (χ0v) is 13.9. The summed E-state index contributed by atoms with van der Waals surface area (Å²) >= 11 is 0. The summed E-state index contributed by atoms with van der Waals surface area (Å²) in [5, 5.41) is 0. The molecule has 6 heteroatoms. The van der Waals surface area contributed by atoms with Crippen LogP contribution in [0.4, 0.5) is 0 Å². The molecule has 126 valence electrons. The van der Waals surface area contributed by atoms with Crippen molar-refractivity contribution in [3.8, 4) is 11.5 Å². The number of ether oxygens (including phenoxy) is 2.